The fourth-order valence-electron chi connectivity index (χ4n) is 2.22. The van der Waals surface area contributed by atoms with Crippen molar-refractivity contribution in [3.63, 3.8) is 0 Å². The van der Waals surface area contributed by atoms with Crippen LogP contribution in [0.2, 0.25) is 0 Å². The molecule has 0 aliphatic heterocycles. The second-order valence-corrected chi connectivity index (χ2v) is 5.41. The van der Waals surface area contributed by atoms with E-state index in [1.165, 1.54) is 0 Å². The number of thiazole rings is 1. The molecule has 0 aliphatic rings. The summed E-state index contributed by atoms with van der Waals surface area (Å²) < 4.78 is 5.85. The third-order valence-corrected chi connectivity index (χ3v) is 4.07. The summed E-state index contributed by atoms with van der Waals surface area (Å²) in [5.41, 5.74) is 3.02. The number of nitrogens with zero attached hydrogens (tertiary/aromatic N) is 1. The lowest BCUT2D eigenvalue weighted by Gasteiger charge is -1.93. The molecule has 0 N–H and O–H groups in total. The van der Waals surface area contributed by atoms with Gasteiger partial charge in [-0.15, -0.1) is 11.3 Å². The Hall–Kier alpha value is -2.39. The fourth-order valence-corrected chi connectivity index (χ4v) is 3.00. The van der Waals surface area contributed by atoms with Gasteiger partial charge in [0.15, 0.2) is 10.8 Å². The molecule has 2 aromatic heterocycles. The minimum atomic E-state index is 0.832. The van der Waals surface area contributed by atoms with Gasteiger partial charge < -0.3 is 4.42 Å². The average Bonchev–Trinajstić information content (AvgIpc) is 3.14. The van der Waals surface area contributed by atoms with Gasteiger partial charge in [0.1, 0.15) is 5.58 Å². The summed E-state index contributed by atoms with van der Waals surface area (Å²) in [5.74, 6) is 0.832. The van der Waals surface area contributed by atoms with Gasteiger partial charge in [0, 0.05) is 16.3 Å². The zero-order valence-corrected chi connectivity index (χ0v) is 11.4. The molecule has 0 saturated heterocycles. The van der Waals surface area contributed by atoms with Gasteiger partial charge in [0.2, 0.25) is 0 Å². The molecule has 20 heavy (non-hydrogen) atoms. The Morgan fingerprint density at radius 3 is 2.55 bits per heavy atom. The van der Waals surface area contributed by atoms with Crippen LogP contribution in [0, 0.1) is 0 Å². The quantitative estimate of drug-likeness (QED) is 0.502. The standard InChI is InChI=1S/C17H11NOS/c1-2-6-12(7-3-1)14-11-20-17(18-14)16-10-13-8-4-5-9-15(13)19-16/h1-11H. The van der Waals surface area contributed by atoms with Crippen molar-refractivity contribution in [3.05, 3.63) is 66.0 Å². The van der Waals surface area contributed by atoms with Gasteiger partial charge in [-0.05, 0) is 12.1 Å². The van der Waals surface area contributed by atoms with Crippen molar-refractivity contribution in [2.45, 2.75) is 0 Å². The molecule has 4 aromatic rings. The van der Waals surface area contributed by atoms with Crippen molar-refractivity contribution in [2.24, 2.45) is 0 Å². The van der Waals surface area contributed by atoms with Gasteiger partial charge in [-0.3, -0.25) is 0 Å². The zero-order valence-electron chi connectivity index (χ0n) is 10.6. The lowest BCUT2D eigenvalue weighted by molar-refractivity contribution is 0.631. The van der Waals surface area contributed by atoms with E-state index in [0.29, 0.717) is 0 Å². The van der Waals surface area contributed by atoms with E-state index in [2.05, 4.69) is 22.5 Å². The predicted molar refractivity (Wildman–Crippen MR) is 82.8 cm³/mol. The normalized spacial score (nSPS) is 11.0. The topological polar surface area (TPSA) is 26.0 Å². The van der Waals surface area contributed by atoms with Crippen LogP contribution in [-0.2, 0) is 0 Å². The maximum atomic E-state index is 5.85. The van der Waals surface area contributed by atoms with E-state index in [0.717, 1.165) is 33.0 Å². The molecule has 0 spiro atoms. The molecule has 0 saturated carbocycles. The van der Waals surface area contributed by atoms with Crippen molar-refractivity contribution >= 4 is 22.3 Å². The Bertz CT molecular complexity index is 828. The second kappa shape index (κ2) is 4.62. The summed E-state index contributed by atoms with van der Waals surface area (Å²) in [5, 5.41) is 4.09. The number of hydrogen-bond donors (Lipinski definition) is 0. The summed E-state index contributed by atoms with van der Waals surface area (Å²) in [6.45, 7) is 0. The first kappa shape index (κ1) is 11.4. The highest BCUT2D eigenvalue weighted by molar-refractivity contribution is 7.13. The Morgan fingerprint density at radius 2 is 1.70 bits per heavy atom. The molecule has 2 heterocycles. The van der Waals surface area contributed by atoms with E-state index >= 15 is 0 Å². The smallest absolute Gasteiger partial charge is 0.164 e. The van der Waals surface area contributed by atoms with Crippen LogP contribution in [0.4, 0.5) is 0 Å². The van der Waals surface area contributed by atoms with E-state index in [9.17, 15) is 0 Å². The van der Waals surface area contributed by atoms with E-state index in [1.54, 1.807) is 11.3 Å². The summed E-state index contributed by atoms with van der Waals surface area (Å²) in [7, 11) is 0. The third-order valence-electron chi connectivity index (χ3n) is 3.21. The summed E-state index contributed by atoms with van der Waals surface area (Å²) in [6, 6.07) is 20.3. The second-order valence-electron chi connectivity index (χ2n) is 4.55. The van der Waals surface area contributed by atoms with Crippen molar-refractivity contribution < 1.29 is 4.42 Å². The fraction of sp³-hybridized carbons (Fsp3) is 0. The van der Waals surface area contributed by atoms with Crippen LogP contribution in [-0.4, -0.2) is 4.98 Å². The van der Waals surface area contributed by atoms with Crippen LogP contribution >= 0.6 is 11.3 Å². The SMILES string of the molecule is c1ccc(-c2csc(-c3cc4ccccc4o3)n2)cc1. The first-order chi connectivity index (χ1) is 9.90. The van der Waals surface area contributed by atoms with E-state index in [4.69, 9.17) is 4.42 Å². The number of para-hydroxylation sites is 1. The van der Waals surface area contributed by atoms with Gasteiger partial charge in [-0.2, -0.15) is 0 Å². The maximum Gasteiger partial charge on any atom is 0.164 e. The van der Waals surface area contributed by atoms with Crippen LogP contribution in [0.5, 0.6) is 0 Å². The summed E-state index contributed by atoms with van der Waals surface area (Å²) in [4.78, 5) is 4.67. The largest absolute Gasteiger partial charge is 0.454 e. The number of hydrogen-bond acceptors (Lipinski definition) is 3. The average molecular weight is 277 g/mol. The number of fused-ring (bicyclic) bond motifs is 1. The lowest BCUT2D eigenvalue weighted by Crippen LogP contribution is -1.77. The van der Waals surface area contributed by atoms with Gasteiger partial charge in [0.25, 0.3) is 0 Å². The Labute approximate surface area is 120 Å². The van der Waals surface area contributed by atoms with E-state index < -0.39 is 0 Å². The van der Waals surface area contributed by atoms with Crippen LogP contribution < -0.4 is 0 Å². The molecule has 0 unspecified atom stereocenters. The van der Waals surface area contributed by atoms with Crippen LogP contribution in [0.25, 0.3) is 33.0 Å². The highest BCUT2D eigenvalue weighted by Crippen LogP contribution is 2.32. The minimum Gasteiger partial charge on any atom is -0.454 e. The first-order valence-corrected chi connectivity index (χ1v) is 7.28. The molecular weight excluding hydrogens is 266 g/mol. The van der Waals surface area contributed by atoms with Gasteiger partial charge in [-0.25, -0.2) is 4.98 Å². The highest BCUT2D eigenvalue weighted by atomic mass is 32.1. The number of furan rings is 1. The third kappa shape index (κ3) is 1.92. The minimum absolute atomic E-state index is 0.832. The Balaban J connectivity index is 1.78. The number of benzene rings is 2. The first-order valence-electron chi connectivity index (χ1n) is 6.40. The van der Waals surface area contributed by atoms with Crippen molar-refractivity contribution in [1.82, 2.24) is 4.98 Å². The Morgan fingerprint density at radius 1 is 0.900 bits per heavy atom. The molecule has 2 nitrogen and oxygen atoms in total. The summed E-state index contributed by atoms with van der Waals surface area (Å²) in [6.07, 6.45) is 0. The predicted octanol–water partition coefficient (Wildman–Crippen LogP) is 5.22. The van der Waals surface area contributed by atoms with Gasteiger partial charge in [0.05, 0.1) is 5.69 Å². The molecule has 4 rings (SSSR count). The molecule has 0 radical (unpaired) electrons. The van der Waals surface area contributed by atoms with Crippen LogP contribution in [0.3, 0.4) is 0 Å². The molecule has 0 fully saturated rings. The van der Waals surface area contributed by atoms with Crippen molar-refractivity contribution in [2.75, 3.05) is 0 Å². The number of rotatable bonds is 2. The molecular formula is C17H11NOS. The molecule has 96 valence electrons. The molecule has 0 amide bonds. The van der Waals surface area contributed by atoms with Crippen LogP contribution in [0.15, 0.2) is 70.5 Å². The van der Waals surface area contributed by atoms with Crippen molar-refractivity contribution in [1.29, 1.82) is 0 Å². The maximum absolute atomic E-state index is 5.85. The van der Waals surface area contributed by atoms with Crippen LogP contribution in [0.1, 0.15) is 0 Å². The van der Waals surface area contributed by atoms with Crippen molar-refractivity contribution in [3.8, 4) is 22.0 Å². The Kier molecular flexibility index (Phi) is 2.64. The summed E-state index contributed by atoms with van der Waals surface area (Å²) >= 11 is 1.61. The number of aromatic nitrogens is 1. The molecule has 3 heteroatoms. The van der Waals surface area contributed by atoms with E-state index in [-0.39, 0.29) is 0 Å². The lowest BCUT2D eigenvalue weighted by atomic mass is 10.2. The van der Waals surface area contributed by atoms with Gasteiger partial charge >= 0.3 is 0 Å². The molecule has 0 bridgehead atoms. The molecule has 0 atom stereocenters. The highest BCUT2D eigenvalue weighted by Gasteiger charge is 2.10. The monoisotopic (exact) mass is 277 g/mol. The molecule has 2 aromatic carbocycles. The van der Waals surface area contributed by atoms with Gasteiger partial charge in [-0.1, -0.05) is 48.5 Å². The zero-order chi connectivity index (χ0) is 13.4. The molecule has 0 aliphatic carbocycles. The van der Waals surface area contributed by atoms with E-state index in [1.807, 2.05) is 48.5 Å².